The van der Waals surface area contributed by atoms with Crippen molar-refractivity contribution < 1.29 is 13.2 Å². The lowest BCUT2D eigenvalue weighted by Crippen LogP contribution is -2.33. The Hall–Kier alpha value is -0.470. The summed E-state index contributed by atoms with van der Waals surface area (Å²) in [5.74, 6) is 0. The van der Waals surface area contributed by atoms with Gasteiger partial charge in [0.2, 0.25) is 0 Å². The highest BCUT2D eigenvalue weighted by Crippen LogP contribution is 2.24. The van der Waals surface area contributed by atoms with Gasteiger partial charge in [0.05, 0.1) is 6.61 Å². The summed E-state index contributed by atoms with van der Waals surface area (Å²) in [7, 11) is -1.54. The van der Waals surface area contributed by atoms with Gasteiger partial charge in [-0.25, -0.2) is 8.42 Å². The van der Waals surface area contributed by atoms with Crippen molar-refractivity contribution in [1.82, 2.24) is 9.62 Å². The van der Waals surface area contributed by atoms with Gasteiger partial charge in [0.1, 0.15) is 4.21 Å². The quantitative estimate of drug-likeness (QED) is 0.703. The van der Waals surface area contributed by atoms with Crippen molar-refractivity contribution in [2.24, 2.45) is 0 Å². The Morgan fingerprint density at radius 2 is 2.11 bits per heavy atom. The second-order valence-electron chi connectivity index (χ2n) is 3.94. The van der Waals surface area contributed by atoms with Gasteiger partial charge in [0, 0.05) is 31.1 Å². The molecular weight excluding hydrogens is 284 g/mol. The van der Waals surface area contributed by atoms with Gasteiger partial charge in [-0.05, 0) is 26.1 Å². The van der Waals surface area contributed by atoms with E-state index in [1.54, 1.807) is 6.07 Å². The molecule has 1 aromatic rings. The zero-order valence-corrected chi connectivity index (χ0v) is 13.3. The lowest BCUT2D eigenvalue weighted by atomic mass is 10.5. The van der Waals surface area contributed by atoms with Crippen LogP contribution in [-0.4, -0.2) is 46.1 Å². The number of sulfonamides is 1. The molecule has 5 nitrogen and oxygen atoms in total. The first-order valence-corrected chi connectivity index (χ1v) is 8.63. The summed E-state index contributed by atoms with van der Waals surface area (Å²) in [5, 5.41) is 3.02. The highest BCUT2D eigenvalue weighted by molar-refractivity contribution is 7.91. The van der Waals surface area contributed by atoms with Crippen LogP contribution in [-0.2, 0) is 21.3 Å². The van der Waals surface area contributed by atoms with Gasteiger partial charge in [-0.3, -0.25) is 0 Å². The summed E-state index contributed by atoms with van der Waals surface area (Å²) in [4.78, 5) is 1.02. The maximum Gasteiger partial charge on any atom is 0.252 e. The minimum atomic E-state index is -3.39. The first-order valence-electron chi connectivity index (χ1n) is 6.37. The summed E-state index contributed by atoms with van der Waals surface area (Å²) >= 11 is 1.31. The van der Waals surface area contributed by atoms with Gasteiger partial charge in [0.15, 0.2) is 0 Å². The van der Waals surface area contributed by atoms with Gasteiger partial charge < -0.3 is 10.1 Å². The number of likely N-dealkylation sites (N-methyl/N-ethyl adjacent to an activating group) is 1. The monoisotopic (exact) mass is 306 g/mol. The number of rotatable bonds is 9. The van der Waals surface area contributed by atoms with E-state index in [0.717, 1.165) is 4.88 Å². The van der Waals surface area contributed by atoms with Crippen LogP contribution in [0.3, 0.4) is 0 Å². The molecule has 0 aromatic carbocycles. The summed E-state index contributed by atoms with van der Waals surface area (Å²) in [5.41, 5.74) is 0. The number of nitrogens with zero attached hydrogens (tertiary/aromatic N) is 1. The Morgan fingerprint density at radius 1 is 1.37 bits per heavy atom. The third-order valence-corrected chi connectivity index (χ3v) is 6.15. The average Bonchev–Trinajstić information content (AvgIpc) is 2.84. The van der Waals surface area contributed by atoms with Gasteiger partial charge in [-0.15, -0.1) is 11.3 Å². The van der Waals surface area contributed by atoms with Crippen molar-refractivity contribution in [3.8, 4) is 0 Å². The summed E-state index contributed by atoms with van der Waals surface area (Å²) in [6, 6.07) is 3.53. The number of ether oxygens (including phenoxy) is 1. The molecule has 0 unspecified atom stereocenters. The lowest BCUT2D eigenvalue weighted by molar-refractivity contribution is 0.135. The molecule has 110 valence electrons. The predicted octanol–water partition coefficient (Wildman–Crippen LogP) is 1.51. The molecule has 0 bridgehead atoms. The first-order chi connectivity index (χ1) is 9.06. The molecule has 1 N–H and O–H groups in total. The van der Waals surface area contributed by atoms with Crippen LogP contribution in [0.2, 0.25) is 0 Å². The Labute approximate surface area is 119 Å². The van der Waals surface area contributed by atoms with Crippen LogP contribution >= 0.6 is 11.3 Å². The second-order valence-corrected chi connectivity index (χ2v) is 7.28. The minimum absolute atomic E-state index is 0.395. The van der Waals surface area contributed by atoms with Crippen LogP contribution in [0.1, 0.15) is 18.7 Å². The maximum absolute atomic E-state index is 12.4. The molecule has 0 aliphatic carbocycles. The molecule has 0 atom stereocenters. The van der Waals surface area contributed by atoms with E-state index in [1.165, 1.54) is 15.6 Å². The molecule has 1 heterocycles. The molecule has 0 amide bonds. The molecule has 0 saturated heterocycles. The molecule has 1 aromatic heterocycles. The summed E-state index contributed by atoms with van der Waals surface area (Å²) in [6.07, 6.45) is 0. The standard InChI is InChI=1S/C12H22N2O3S2/c1-4-14(8-9-17-5-2)19(15,16)12-7-6-11(18-12)10-13-3/h6-7,13H,4-5,8-10H2,1-3H3. The fraction of sp³-hybridized carbons (Fsp3) is 0.667. The van der Waals surface area contributed by atoms with E-state index < -0.39 is 10.0 Å². The van der Waals surface area contributed by atoms with Crippen molar-refractivity contribution in [2.45, 2.75) is 24.6 Å². The number of thiophene rings is 1. The Morgan fingerprint density at radius 3 is 2.68 bits per heavy atom. The topological polar surface area (TPSA) is 58.6 Å². The van der Waals surface area contributed by atoms with Gasteiger partial charge in [-0.2, -0.15) is 4.31 Å². The molecule has 0 spiro atoms. The second kappa shape index (κ2) is 7.96. The van der Waals surface area contributed by atoms with Gasteiger partial charge in [-0.1, -0.05) is 6.92 Å². The molecule has 19 heavy (non-hydrogen) atoms. The third-order valence-electron chi connectivity index (χ3n) is 2.62. The van der Waals surface area contributed by atoms with E-state index in [0.29, 0.717) is 37.1 Å². The van der Waals surface area contributed by atoms with Crippen molar-refractivity contribution in [1.29, 1.82) is 0 Å². The minimum Gasteiger partial charge on any atom is -0.380 e. The smallest absolute Gasteiger partial charge is 0.252 e. The van der Waals surface area contributed by atoms with E-state index in [4.69, 9.17) is 4.74 Å². The number of nitrogens with one attached hydrogen (secondary N) is 1. The molecule has 0 aliphatic rings. The zero-order valence-electron chi connectivity index (χ0n) is 11.7. The number of hydrogen-bond donors (Lipinski definition) is 1. The molecule has 0 fully saturated rings. The van der Waals surface area contributed by atoms with E-state index in [1.807, 2.05) is 27.0 Å². The van der Waals surface area contributed by atoms with Crippen molar-refractivity contribution in [2.75, 3.05) is 33.4 Å². The Kier molecular flexibility index (Phi) is 6.95. The van der Waals surface area contributed by atoms with Crippen molar-refractivity contribution in [3.05, 3.63) is 17.0 Å². The molecule has 1 rings (SSSR count). The molecule has 0 radical (unpaired) electrons. The maximum atomic E-state index is 12.4. The molecular formula is C12H22N2O3S2. The van der Waals surface area contributed by atoms with E-state index in [9.17, 15) is 8.42 Å². The number of hydrogen-bond acceptors (Lipinski definition) is 5. The molecule has 0 saturated carbocycles. The summed E-state index contributed by atoms with van der Waals surface area (Å²) < 4.78 is 32.0. The largest absolute Gasteiger partial charge is 0.380 e. The normalized spacial score (nSPS) is 12.2. The fourth-order valence-corrected chi connectivity index (χ4v) is 4.61. The lowest BCUT2D eigenvalue weighted by Gasteiger charge is -2.19. The van der Waals surface area contributed by atoms with Crippen LogP contribution in [0.4, 0.5) is 0 Å². The van der Waals surface area contributed by atoms with Crippen LogP contribution in [0.25, 0.3) is 0 Å². The molecule has 0 aliphatic heterocycles. The van der Waals surface area contributed by atoms with E-state index in [-0.39, 0.29) is 0 Å². The first kappa shape index (κ1) is 16.6. The average molecular weight is 306 g/mol. The van der Waals surface area contributed by atoms with Gasteiger partial charge >= 0.3 is 0 Å². The highest BCUT2D eigenvalue weighted by Gasteiger charge is 2.24. The van der Waals surface area contributed by atoms with E-state index in [2.05, 4.69) is 5.32 Å². The highest BCUT2D eigenvalue weighted by atomic mass is 32.2. The third kappa shape index (κ3) is 4.54. The van der Waals surface area contributed by atoms with E-state index >= 15 is 0 Å². The van der Waals surface area contributed by atoms with Crippen LogP contribution in [0.15, 0.2) is 16.3 Å². The van der Waals surface area contributed by atoms with Crippen molar-refractivity contribution in [3.63, 3.8) is 0 Å². The van der Waals surface area contributed by atoms with Crippen molar-refractivity contribution >= 4 is 21.4 Å². The molecule has 7 heteroatoms. The Bertz CT molecular complexity index is 471. The van der Waals surface area contributed by atoms with Crippen LogP contribution < -0.4 is 5.32 Å². The zero-order chi connectivity index (χ0) is 14.3. The Balaban J connectivity index is 2.80. The van der Waals surface area contributed by atoms with Gasteiger partial charge in [0.25, 0.3) is 10.0 Å². The van der Waals surface area contributed by atoms with Crippen LogP contribution in [0, 0.1) is 0 Å². The predicted molar refractivity (Wildman–Crippen MR) is 78.0 cm³/mol. The summed E-state index contributed by atoms with van der Waals surface area (Å²) in [6.45, 7) is 6.30. The fourth-order valence-electron chi connectivity index (χ4n) is 1.65. The SMILES string of the molecule is CCOCCN(CC)S(=O)(=O)c1ccc(CNC)s1. The van der Waals surface area contributed by atoms with Crippen LogP contribution in [0.5, 0.6) is 0 Å².